The van der Waals surface area contributed by atoms with E-state index in [1.165, 1.54) is 0 Å². The van der Waals surface area contributed by atoms with E-state index in [0.29, 0.717) is 13.0 Å². The highest BCUT2D eigenvalue weighted by Gasteiger charge is 2.21. The van der Waals surface area contributed by atoms with E-state index in [9.17, 15) is 9.59 Å². The van der Waals surface area contributed by atoms with Crippen LogP contribution in [0.1, 0.15) is 37.3 Å². The molecule has 2 N–H and O–H groups in total. The predicted molar refractivity (Wildman–Crippen MR) is 106 cm³/mol. The zero-order valence-corrected chi connectivity index (χ0v) is 15.8. The van der Waals surface area contributed by atoms with Crippen molar-refractivity contribution in [3.63, 3.8) is 0 Å². The molecule has 2 rings (SSSR count). The van der Waals surface area contributed by atoms with Crippen molar-refractivity contribution in [3.8, 4) is 0 Å². The van der Waals surface area contributed by atoms with Gasteiger partial charge in [0.25, 0.3) is 0 Å². The molecule has 27 heavy (non-hydrogen) atoms. The van der Waals surface area contributed by atoms with Crippen LogP contribution in [-0.2, 0) is 22.6 Å². The highest BCUT2D eigenvalue weighted by atomic mass is 16.5. The van der Waals surface area contributed by atoms with Crippen LogP contribution in [0.2, 0.25) is 0 Å². The molecule has 0 aliphatic rings. The summed E-state index contributed by atoms with van der Waals surface area (Å²) in [5, 5.41) is 5.61. The fraction of sp³-hybridized carbons (Fsp3) is 0.364. The standard InChI is InChI=1S/C22H28N2O3/c1-2-3-10-15-23-21(25)20(16-18-11-6-4-7-12-18)24-22(26)27-17-19-13-8-5-9-14-19/h4-9,11-14,20H,2-3,10,15-17H2,1H3,(H,23,25)(H,24,26)/t20-/m0/s1. The average molecular weight is 368 g/mol. The Bertz CT molecular complexity index is 689. The molecule has 0 saturated heterocycles. The lowest BCUT2D eigenvalue weighted by Crippen LogP contribution is -2.48. The summed E-state index contributed by atoms with van der Waals surface area (Å²) in [6.07, 6.45) is 2.91. The number of ether oxygens (including phenoxy) is 1. The molecule has 0 bridgehead atoms. The first-order valence-corrected chi connectivity index (χ1v) is 9.48. The zero-order valence-electron chi connectivity index (χ0n) is 15.8. The van der Waals surface area contributed by atoms with Crippen LogP contribution in [0.4, 0.5) is 4.79 Å². The Hall–Kier alpha value is -2.82. The molecule has 0 heterocycles. The molecular formula is C22H28N2O3. The molecule has 144 valence electrons. The molecule has 0 spiro atoms. The molecule has 5 nitrogen and oxygen atoms in total. The van der Waals surface area contributed by atoms with Gasteiger partial charge < -0.3 is 15.4 Å². The van der Waals surface area contributed by atoms with Gasteiger partial charge in [0.1, 0.15) is 12.6 Å². The number of unbranched alkanes of at least 4 members (excludes halogenated alkanes) is 2. The monoisotopic (exact) mass is 368 g/mol. The summed E-state index contributed by atoms with van der Waals surface area (Å²) in [4.78, 5) is 24.7. The molecule has 1 atom stereocenters. The van der Waals surface area contributed by atoms with Gasteiger partial charge in [0.15, 0.2) is 0 Å². The van der Waals surface area contributed by atoms with Gasteiger partial charge in [-0.2, -0.15) is 0 Å². The first-order valence-electron chi connectivity index (χ1n) is 9.48. The van der Waals surface area contributed by atoms with Gasteiger partial charge in [0, 0.05) is 13.0 Å². The van der Waals surface area contributed by atoms with Gasteiger partial charge in [-0.25, -0.2) is 4.79 Å². The number of amides is 2. The van der Waals surface area contributed by atoms with E-state index in [0.717, 1.165) is 30.4 Å². The Morgan fingerprint density at radius 1 is 0.926 bits per heavy atom. The van der Waals surface area contributed by atoms with Gasteiger partial charge in [-0.05, 0) is 17.5 Å². The van der Waals surface area contributed by atoms with Crippen molar-refractivity contribution in [2.75, 3.05) is 6.54 Å². The number of benzene rings is 2. The molecule has 0 fully saturated rings. The lowest BCUT2D eigenvalue weighted by Gasteiger charge is -2.18. The quantitative estimate of drug-likeness (QED) is 0.626. The predicted octanol–water partition coefficient (Wildman–Crippen LogP) is 3.83. The number of carbonyl (C=O) groups is 2. The normalized spacial score (nSPS) is 11.4. The third kappa shape index (κ3) is 7.94. The molecular weight excluding hydrogens is 340 g/mol. The lowest BCUT2D eigenvalue weighted by atomic mass is 10.1. The van der Waals surface area contributed by atoms with Crippen LogP contribution in [-0.4, -0.2) is 24.6 Å². The molecule has 0 aliphatic carbocycles. The molecule has 5 heteroatoms. The number of alkyl carbamates (subject to hydrolysis) is 1. The second-order valence-corrected chi connectivity index (χ2v) is 6.45. The van der Waals surface area contributed by atoms with Crippen LogP contribution < -0.4 is 10.6 Å². The topological polar surface area (TPSA) is 67.4 Å². The first-order chi connectivity index (χ1) is 13.2. The number of nitrogens with one attached hydrogen (secondary N) is 2. The molecule has 2 aromatic rings. The van der Waals surface area contributed by atoms with Crippen molar-refractivity contribution in [3.05, 3.63) is 71.8 Å². The minimum Gasteiger partial charge on any atom is -0.445 e. The van der Waals surface area contributed by atoms with Crippen molar-refractivity contribution in [1.82, 2.24) is 10.6 Å². The highest BCUT2D eigenvalue weighted by molar-refractivity contribution is 5.85. The maximum absolute atomic E-state index is 12.5. The van der Waals surface area contributed by atoms with E-state index < -0.39 is 12.1 Å². The van der Waals surface area contributed by atoms with Crippen molar-refractivity contribution in [1.29, 1.82) is 0 Å². The maximum Gasteiger partial charge on any atom is 0.408 e. The van der Waals surface area contributed by atoms with E-state index in [2.05, 4.69) is 17.6 Å². The Balaban J connectivity index is 1.91. The molecule has 2 amide bonds. The van der Waals surface area contributed by atoms with Crippen LogP contribution in [0.5, 0.6) is 0 Å². The summed E-state index contributed by atoms with van der Waals surface area (Å²) in [5.41, 5.74) is 1.88. The van der Waals surface area contributed by atoms with Crippen molar-refractivity contribution < 1.29 is 14.3 Å². The Labute approximate surface area is 161 Å². The molecule has 0 aromatic heterocycles. The van der Waals surface area contributed by atoms with E-state index in [4.69, 9.17) is 4.74 Å². The Morgan fingerprint density at radius 3 is 2.19 bits per heavy atom. The third-order valence-electron chi connectivity index (χ3n) is 4.18. The van der Waals surface area contributed by atoms with E-state index in [-0.39, 0.29) is 12.5 Å². The van der Waals surface area contributed by atoms with Gasteiger partial charge in [-0.1, -0.05) is 80.4 Å². The smallest absolute Gasteiger partial charge is 0.408 e. The molecule has 0 aliphatic heterocycles. The summed E-state index contributed by atoms with van der Waals surface area (Å²) in [7, 11) is 0. The second-order valence-electron chi connectivity index (χ2n) is 6.45. The van der Waals surface area contributed by atoms with E-state index >= 15 is 0 Å². The minimum absolute atomic E-state index is 0.169. The fourth-order valence-electron chi connectivity index (χ4n) is 2.68. The van der Waals surface area contributed by atoms with Crippen molar-refractivity contribution in [2.45, 2.75) is 45.3 Å². The summed E-state index contributed by atoms with van der Waals surface area (Å²) < 4.78 is 5.26. The van der Waals surface area contributed by atoms with Gasteiger partial charge in [-0.3, -0.25) is 4.79 Å². The van der Waals surface area contributed by atoms with E-state index in [1.807, 2.05) is 60.7 Å². The summed E-state index contributed by atoms with van der Waals surface area (Å²) in [5.74, 6) is -0.188. The Kier molecular flexibility index (Phi) is 8.90. The summed E-state index contributed by atoms with van der Waals surface area (Å²) >= 11 is 0. The minimum atomic E-state index is -0.669. The number of rotatable bonds is 10. The maximum atomic E-state index is 12.5. The number of carbonyl (C=O) groups excluding carboxylic acids is 2. The average Bonchev–Trinajstić information content (AvgIpc) is 2.70. The summed E-state index contributed by atoms with van der Waals surface area (Å²) in [6.45, 7) is 2.89. The number of hydrogen-bond acceptors (Lipinski definition) is 3. The van der Waals surface area contributed by atoms with Gasteiger partial charge in [-0.15, -0.1) is 0 Å². The lowest BCUT2D eigenvalue weighted by molar-refractivity contribution is -0.123. The van der Waals surface area contributed by atoms with Crippen molar-refractivity contribution in [2.24, 2.45) is 0 Å². The van der Waals surface area contributed by atoms with Crippen molar-refractivity contribution >= 4 is 12.0 Å². The van der Waals surface area contributed by atoms with Crippen LogP contribution in [0.3, 0.4) is 0 Å². The molecule has 0 unspecified atom stereocenters. The van der Waals surface area contributed by atoms with Crippen LogP contribution in [0, 0.1) is 0 Å². The van der Waals surface area contributed by atoms with Crippen LogP contribution in [0.25, 0.3) is 0 Å². The molecule has 0 radical (unpaired) electrons. The Morgan fingerprint density at radius 2 is 1.56 bits per heavy atom. The number of hydrogen-bond donors (Lipinski definition) is 2. The fourth-order valence-corrected chi connectivity index (χ4v) is 2.68. The second kappa shape index (κ2) is 11.7. The van der Waals surface area contributed by atoms with Crippen LogP contribution in [0.15, 0.2) is 60.7 Å². The van der Waals surface area contributed by atoms with E-state index in [1.54, 1.807) is 0 Å². The van der Waals surface area contributed by atoms with Gasteiger partial charge in [0.05, 0.1) is 0 Å². The molecule has 2 aromatic carbocycles. The zero-order chi connectivity index (χ0) is 19.3. The first kappa shape index (κ1) is 20.5. The summed E-state index contributed by atoms with van der Waals surface area (Å²) in [6, 6.07) is 18.4. The SMILES string of the molecule is CCCCCNC(=O)[C@H](Cc1ccccc1)NC(=O)OCc1ccccc1. The van der Waals surface area contributed by atoms with Crippen LogP contribution >= 0.6 is 0 Å². The van der Waals surface area contributed by atoms with Gasteiger partial charge >= 0.3 is 6.09 Å². The largest absolute Gasteiger partial charge is 0.445 e. The highest BCUT2D eigenvalue weighted by Crippen LogP contribution is 2.05. The van der Waals surface area contributed by atoms with Gasteiger partial charge in [0.2, 0.25) is 5.91 Å². The third-order valence-corrected chi connectivity index (χ3v) is 4.18. The molecule has 0 saturated carbocycles.